The minimum Gasteiger partial charge on any atom is -0.382 e. The highest BCUT2D eigenvalue weighted by Crippen LogP contribution is 2.42. The zero-order chi connectivity index (χ0) is 20.3. The van der Waals surface area contributed by atoms with Gasteiger partial charge in [-0.2, -0.15) is 0 Å². The van der Waals surface area contributed by atoms with Crippen molar-refractivity contribution in [3.63, 3.8) is 0 Å². The standard InChI is InChI=1S/C23H27N3O2S.ClH/c1-14(2)24-18-6-4-5-7-22(18)29(27,28)16-9-11-20-17(13-16)23-19-10-8-15(25-19)12-21(23)26(20)3;/h4-7,9,11,13-15,19,24-25H,8,10,12H2,1-3H3;1H. The zero-order valence-corrected chi connectivity index (χ0v) is 19.1. The molecule has 5 nitrogen and oxygen atoms in total. The van der Waals surface area contributed by atoms with Crippen molar-refractivity contribution in [3.05, 3.63) is 53.7 Å². The van der Waals surface area contributed by atoms with Crippen LogP contribution in [0, 0.1) is 0 Å². The van der Waals surface area contributed by atoms with Gasteiger partial charge in [-0.05, 0) is 62.6 Å². The van der Waals surface area contributed by atoms with Gasteiger partial charge in [0.25, 0.3) is 0 Å². The lowest BCUT2D eigenvalue weighted by molar-refractivity contribution is 0.503. The molecule has 0 saturated carbocycles. The van der Waals surface area contributed by atoms with E-state index in [9.17, 15) is 8.42 Å². The first-order valence-electron chi connectivity index (χ1n) is 10.3. The minimum atomic E-state index is -3.63. The lowest BCUT2D eigenvalue weighted by Crippen LogP contribution is -2.32. The van der Waals surface area contributed by atoms with Crippen LogP contribution in [0.4, 0.5) is 5.69 Å². The third-order valence-electron chi connectivity index (χ3n) is 6.30. The second-order valence-corrected chi connectivity index (χ2v) is 10.5. The van der Waals surface area contributed by atoms with Gasteiger partial charge in [0.2, 0.25) is 9.84 Å². The van der Waals surface area contributed by atoms with Crippen LogP contribution in [0.5, 0.6) is 0 Å². The fraction of sp³-hybridized carbons (Fsp3) is 0.391. The molecule has 0 amide bonds. The van der Waals surface area contributed by atoms with Crippen molar-refractivity contribution in [3.8, 4) is 0 Å². The number of aromatic nitrogens is 1. The average molecular weight is 446 g/mol. The number of rotatable bonds is 4. The van der Waals surface area contributed by atoms with Gasteiger partial charge < -0.3 is 15.2 Å². The molecule has 1 fully saturated rings. The number of benzene rings is 2. The molecule has 0 radical (unpaired) electrons. The number of nitrogens with one attached hydrogen (secondary N) is 2. The van der Waals surface area contributed by atoms with Gasteiger partial charge in [0.1, 0.15) is 0 Å². The molecule has 2 N–H and O–H groups in total. The second kappa shape index (κ2) is 7.59. The van der Waals surface area contributed by atoms with Crippen molar-refractivity contribution < 1.29 is 8.42 Å². The predicted octanol–water partition coefficient (Wildman–Crippen LogP) is 4.60. The van der Waals surface area contributed by atoms with Crippen LogP contribution >= 0.6 is 12.4 Å². The third-order valence-corrected chi connectivity index (χ3v) is 8.10. The number of halogens is 1. The van der Waals surface area contributed by atoms with Crippen molar-refractivity contribution in [2.75, 3.05) is 5.32 Å². The fourth-order valence-electron chi connectivity index (χ4n) is 5.01. The van der Waals surface area contributed by atoms with Crippen molar-refractivity contribution in [2.45, 2.75) is 61.0 Å². The minimum absolute atomic E-state index is 0. The first-order valence-corrected chi connectivity index (χ1v) is 11.8. The molecule has 1 aromatic heterocycles. The van der Waals surface area contributed by atoms with Gasteiger partial charge >= 0.3 is 0 Å². The van der Waals surface area contributed by atoms with Crippen LogP contribution < -0.4 is 10.6 Å². The van der Waals surface area contributed by atoms with Crippen LogP contribution in [-0.4, -0.2) is 25.1 Å². The van der Waals surface area contributed by atoms with Crippen molar-refractivity contribution in [2.24, 2.45) is 7.05 Å². The predicted molar refractivity (Wildman–Crippen MR) is 123 cm³/mol. The molecule has 3 heterocycles. The molecular formula is C23H28ClN3O2S. The number of anilines is 1. The number of hydrogen-bond acceptors (Lipinski definition) is 4. The van der Waals surface area contributed by atoms with Crippen LogP contribution in [0.2, 0.25) is 0 Å². The highest BCUT2D eigenvalue weighted by Gasteiger charge is 2.36. The van der Waals surface area contributed by atoms with E-state index in [4.69, 9.17) is 0 Å². The second-order valence-electron chi connectivity index (χ2n) is 8.59. The SMILES string of the molecule is CC(C)Nc1ccccc1S(=O)(=O)c1ccc2c(c1)c1c(n2C)CC2CCC1N2.Cl. The molecule has 2 unspecified atom stereocenters. The maximum atomic E-state index is 13.6. The highest BCUT2D eigenvalue weighted by atomic mass is 35.5. The Morgan fingerprint density at radius 1 is 1.13 bits per heavy atom. The summed E-state index contributed by atoms with van der Waals surface area (Å²) in [5, 5.41) is 8.03. The molecule has 0 aliphatic carbocycles. The normalized spacial score (nSPS) is 20.3. The van der Waals surface area contributed by atoms with Gasteiger partial charge in [-0.1, -0.05) is 12.1 Å². The Morgan fingerprint density at radius 3 is 2.67 bits per heavy atom. The summed E-state index contributed by atoms with van der Waals surface area (Å²) in [7, 11) is -1.53. The van der Waals surface area contributed by atoms with Gasteiger partial charge in [-0.25, -0.2) is 8.42 Å². The summed E-state index contributed by atoms with van der Waals surface area (Å²) < 4.78 is 29.4. The first-order chi connectivity index (χ1) is 13.9. The summed E-state index contributed by atoms with van der Waals surface area (Å²) in [5.74, 6) is 0. The smallest absolute Gasteiger partial charge is 0.208 e. The maximum Gasteiger partial charge on any atom is 0.208 e. The number of sulfone groups is 1. The van der Waals surface area contributed by atoms with Crippen molar-refractivity contribution in [1.82, 2.24) is 9.88 Å². The molecule has 2 aliphatic heterocycles. The maximum absolute atomic E-state index is 13.6. The average Bonchev–Trinajstić information content (AvgIpc) is 3.20. The van der Waals surface area contributed by atoms with E-state index in [0.29, 0.717) is 27.6 Å². The molecular weight excluding hydrogens is 418 g/mol. The summed E-state index contributed by atoms with van der Waals surface area (Å²) in [6, 6.07) is 13.8. The van der Waals surface area contributed by atoms with E-state index in [-0.39, 0.29) is 18.4 Å². The molecule has 2 atom stereocenters. The quantitative estimate of drug-likeness (QED) is 0.615. The number of para-hydroxylation sites is 1. The van der Waals surface area contributed by atoms with Gasteiger partial charge in [0.05, 0.1) is 15.5 Å². The molecule has 1 saturated heterocycles. The Balaban J connectivity index is 0.00000218. The summed E-state index contributed by atoms with van der Waals surface area (Å²) in [5.41, 5.74) is 4.40. The fourth-order valence-corrected chi connectivity index (χ4v) is 6.46. The molecule has 2 aromatic carbocycles. The molecule has 3 aromatic rings. The number of aryl methyl sites for hydroxylation is 1. The van der Waals surface area contributed by atoms with Crippen LogP contribution in [0.3, 0.4) is 0 Å². The highest BCUT2D eigenvalue weighted by molar-refractivity contribution is 7.91. The zero-order valence-electron chi connectivity index (χ0n) is 17.5. The van der Waals surface area contributed by atoms with Gasteiger partial charge in [-0.15, -0.1) is 12.4 Å². The largest absolute Gasteiger partial charge is 0.382 e. The van der Waals surface area contributed by atoms with Crippen LogP contribution in [0.15, 0.2) is 52.3 Å². The summed E-state index contributed by atoms with van der Waals surface area (Å²) in [6.45, 7) is 4.02. The van der Waals surface area contributed by atoms with E-state index in [1.165, 1.54) is 17.7 Å². The van der Waals surface area contributed by atoms with Gasteiger partial charge in [0, 0.05) is 48.2 Å². The van der Waals surface area contributed by atoms with Gasteiger partial charge in [-0.3, -0.25) is 0 Å². The summed E-state index contributed by atoms with van der Waals surface area (Å²) >= 11 is 0. The molecule has 160 valence electrons. The monoisotopic (exact) mass is 445 g/mol. The van der Waals surface area contributed by atoms with Crippen LogP contribution in [-0.2, 0) is 23.3 Å². The Hall–Kier alpha value is -2.02. The van der Waals surface area contributed by atoms with Crippen molar-refractivity contribution in [1.29, 1.82) is 0 Å². The summed E-state index contributed by atoms with van der Waals surface area (Å²) in [6.07, 6.45) is 3.32. The van der Waals surface area contributed by atoms with E-state index in [1.807, 2.05) is 38.1 Å². The molecule has 2 bridgehead atoms. The van der Waals surface area contributed by atoms with E-state index < -0.39 is 9.84 Å². The Labute approximate surface area is 184 Å². The molecule has 7 heteroatoms. The number of hydrogen-bond donors (Lipinski definition) is 2. The van der Waals surface area contributed by atoms with Crippen LogP contribution in [0.1, 0.15) is 44.0 Å². The van der Waals surface area contributed by atoms with Gasteiger partial charge in [0.15, 0.2) is 0 Å². The van der Waals surface area contributed by atoms with E-state index >= 15 is 0 Å². The Kier molecular flexibility index (Phi) is 5.37. The molecule has 5 rings (SSSR count). The Bertz CT molecular complexity index is 1220. The molecule has 0 spiro atoms. The van der Waals surface area contributed by atoms with E-state index in [1.54, 1.807) is 18.2 Å². The summed E-state index contributed by atoms with van der Waals surface area (Å²) in [4.78, 5) is 0.688. The van der Waals surface area contributed by atoms with Crippen molar-refractivity contribution >= 4 is 38.8 Å². The first kappa shape index (κ1) is 21.2. The number of nitrogens with zero attached hydrogens (tertiary/aromatic N) is 1. The lowest BCUT2D eigenvalue weighted by atomic mass is 9.99. The number of fused-ring (bicyclic) bond motifs is 6. The van der Waals surface area contributed by atoms with Crippen LogP contribution in [0.25, 0.3) is 10.9 Å². The Morgan fingerprint density at radius 2 is 1.90 bits per heavy atom. The molecule has 2 aliphatic rings. The third kappa shape index (κ3) is 3.22. The lowest BCUT2D eigenvalue weighted by Gasteiger charge is -2.23. The topological polar surface area (TPSA) is 63.1 Å². The van der Waals surface area contributed by atoms with E-state index in [2.05, 4.69) is 22.2 Å². The van der Waals surface area contributed by atoms with E-state index in [0.717, 1.165) is 23.7 Å². The molecule has 30 heavy (non-hydrogen) atoms.